The van der Waals surface area contributed by atoms with Crippen LogP contribution in [-0.2, 0) is 28.5 Å². The fourth-order valence-electron chi connectivity index (χ4n) is 5.11. The summed E-state index contributed by atoms with van der Waals surface area (Å²) in [6, 6.07) is 14.9. The first kappa shape index (κ1) is 19.4. The Bertz CT molecular complexity index is 1170. The van der Waals surface area contributed by atoms with Crippen molar-refractivity contribution in [2.75, 3.05) is 19.0 Å². The zero-order valence-corrected chi connectivity index (χ0v) is 17.5. The fourth-order valence-corrected chi connectivity index (χ4v) is 5.11. The van der Waals surface area contributed by atoms with Crippen LogP contribution in [0.4, 0.5) is 5.69 Å². The van der Waals surface area contributed by atoms with Gasteiger partial charge in [0.15, 0.2) is 0 Å². The molecule has 0 saturated carbocycles. The van der Waals surface area contributed by atoms with Crippen LogP contribution in [-0.4, -0.2) is 40.1 Å². The van der Waals surface area contributed by atoms with Gasteiger partial charge in [-0.3, -0.25) is 14.3 Å². The third-order valence-corrected chi connectivity index (χ3v) is 6.48. The molecule has 2 atom stereocenters. The quantitative estimate of drug-likeness (QED) is 0.710. The van der Waals surface area contributed by atoms with Crippen molar-refractivity contribution in [2.45, 2.75) is 24.3 Å². The van der Waals surface area contributed by atoms with Crippen molar-refractivity contribution in [2.24, 2.45) is 7.05 Å². The second-order valence-electron chi connectivity index (χ2n) is 8.15. The molecule has 31 heavy (non-hydrogen) atoms. The minimum absolute atomic E-state index is 0.0348. The minimum atomic E-state index is -0.823. The number of anilines is 1. The summed E-state index contributed by atoms with van der Waals surface area (Å²) in [5.41, 5.74) is 2.63. The summed E-state index contributed by atoms with van der Waals surface area (Å²) in [6.07, 6.45) is 4.43. The first-order valence-corrected chi connectivity index (χ1v) is 10.4. The number of hydrogen-bond acceptors (Lipinski definition) is 4. The number of amides is 2. The van der Waals surface area contributed by atoms with Gasteiger partial charge in [-0.15, -0.1) is 0 Å². The number of benzene rings is 2. The average molecular weight is 416 g/mol. The number of nitrogens with zero attached hydrogens (tertiary/aromatic N) is 3. The number of hydrogen-bond donors (Lipinski definition) is 1. The molecule has 0 radical (unpaired) electrons. The van der Waals surface area contributed by atoms with E-state index in [9.17, 15) is 9.59 Å². The molecule has 5 rings (SSSR count). The van der Waals surface area contributed by atoms with Crippen LogP contribution in [0.25, 0.3) is 0 Å². The second-order valence-corrected chi connectivity index (χ2v) is 8.15. The lowest BCUT2D eigenvalue weighted by atomic mass is 9.73. The molecule has 2 aliphatic heterocycles. The first-order valence-electron chi connectivity index (χ1n) is 10.4. The van der Waals surface area contributed by atoms with Gasteiger partial charge in [0.05, 0.1) is 25.8 Å². The Balaban J connectivity index is 1.57. The van der Waals surface area contributed by atoms with Crippen molar-refractivity contribution in [1.82, 2.24) is 14.7 Å². The molecule has 158 valence electrons. The number of carbonyl (C=O) groups is 2. The van der Waals surface area contributed by atoms with Crippen molar-refractivity contribution < 1.29 is 14.3 Å². The highest BCUT2D eigenvalue weighted by Crippen LogP contribution is 2.54. The topological polar surface area (TPSA) is 76.5 Å². The SMILES string of the molecule is COc1ccccc1CC(=O)N1CCC2(C(=O)Nc3ccccc32)C1c1cnn(C)c1. The molecule has 1 spiro atoms. The maximum absolute atomic E-state index is 13.5. The zero-order valence-electron chi connectivity index (χ0n) is 17.5. The smallest absolute Gasteiger partial charge is 0.237 e. The van der Waals surface area contributed by atoms with Crippen LogP contribution in [0.2, 0.25) is 0 Å². The predicted octanol–water partition coefficient (Wildman–Crippen LogP) is 2.83. The Morgan fingerprint density at radius 2 is 2.00 bits per heavy atom. The summed E-state index contributed by atoms with van der Waals surface area (Å²) in [5.74, 6) is 0.592. The Kier molecular flexibility index (Phi) is 4.54. The molecule has 7 heteroatoms. The van der Waals surface area contributed by atoms with Gasteiger partial charge in [-0.2, -0.15) is 5.10 Å². The van der Waals surface area contributed by atoms with Gasteiger partial charge < -0.3 is 15.0 Å². The third-order valence-electron chi connectivity index (χ3n) is 6.48. The molecule has 1 aromatic heterocycles. The molecule has 2 amide bonds. The third kappa shape index (κ3) is 2.91. The standard InChI is InChI=1S/C24H24N4O3/c1-27-15-17(14-25-27)22-24(18-8-4-5-9-19(18)26-23(24)30)11-12-28(22)21(29)13-16-7-3-6-10-20(16)31-2/h3-10,14-15,22H,11-13H2,1-2H3,(H,26,30). The number of rotatable bonds is 4. The molecule has 1 saturated heterocycles. The highest BCUT2D eigenvalue weighted by molar-refractivity contribution is 6.07. The van der Waals surface area contributed by atoms with Crippen LogP contribution in [0.5, 0.6) is 5.75 Å². The zero-order chi connectivity index (χ0) is 21.6. The van der Waals surface area contributed by atoms with E-state index in [0.29, 0.717) is 18.7 Å². The molecule has 2 unspecified atom stereocenters. The van der Waals surface area contributed by atoms with Crippen LogP contribution >= 0.6 is 0 Å². The van der Waals surface area contributed by atoms with Crippen LogP contribution in [0.1, 0.15) is 29.2 Å². The van der Waals surface area contributed by atoms with E-state index in [-0.39, 0.29) is 18.2 Å². The summed E-state index contributed by atoms with van der Waals surface area (Å²) >= 11 is 0. The summed E-state index contributed by atoms with van der Waals surface area (Å²) in [5, 5.41) is 7.37. The van der Waals surface area contributed by atoms with Gasteiger partial charge >= 0.3 is 0 Å². The highest BCUT2D eigenvalue weighted by Gasteiger charge is 2.59. The normalized spacial score (nSPS) is 21.9. The van der Waals surface area contributed by atoms with Gasteiger partial charge in [0.2, 0.25) is 11.8 Å². The van der Waals surface area contributed by atoms with Gasteiger partial charge in [0.1, 0.15) is 11.2 Å². The van der Waals surface area contributed by atoms with Crippen LogP contribution in [0.3, 0.4) is 0 Å². The van der Waals surface area contributed by atoms with E-state index in [1.165, 1.54) is 0 Å². The van der Waals surface area contributed by atoms with E-state index in [2.05, 4.69) is 10.4 Å². The largest absolute Gasteiger partial charge is 0.496 e. The Hall–Kier alpha value is -3.61. The van der Waals surface area contributed by atoms with E-state index in [4.69, 9.17) is 4.74 Å². The van der Waals surface area contributed by atoms with Gasteiger partial charge in [-0.25, -0.2) is 0 Å². The monoisotopic (exact) mass is 416 g/mol. The molecule has 0 bridgehead atoms. The predicted molar refractivity (Wildman–Crippen MR) is 116 cm³/mol. The molecule has 0 aliphatic carbocycles. The van der Waals surface area contributed by atoms with E-state index >= 15 is 0 Å². The van der Waals surface area contributed by atoms with Gasteiger partial charge in [-0.05, 0) is 24.1 Å². The van der Waals surface area contributed by atoms with Gasteiger partial charge in [0.25, 0.3) is 0 Å². The summed E-state index contributed by atoms with van der Waals surface area (Å²) in [4.78, 5) is 28.8. The number of ether oxygens (including phenoxy) is 1. The molecule has 1 N–H and O–H groups in total. The number of para-hydroxylation sites is 2. The first-order chi connectivity index (χ1) is 15.0. The number of methoxy groups -OCH3 is 1. The summed E-state index contributed by atoms with van der Waals surface area (Å²) in [7, 11) is 3.45. The van der Waals surface area contributed by atoms with Crippen molar-refractivity contribution >= 4 is 17.5 Å². The number of nitrogens with one attached hydrogen (secondary N) is 1. The maximum Gasteiger partial charge on any atom is 0.237 e. The van der Waals surface area contributed by atoms with E-state index in [0.717, 1.165) is 22.4 Å². The summed E-state index contributed by atoms with van der Waals surface area (Å²) < 4.78 is 7.14. The van der Waals surface area contributed by atoms with Crippen molar-refractivity contribution in [3.05, 3.63) is 77.6 Å². The van der Waals surface area contributed by atoms with Crippen molar-refractivity contribution in [3.63, 3.8) is 0 Å². The van der Waals surface area contributed by atoms with Crippen LogP contribution < -0.4 is 10.1 Å². The Labute approximate surface area is 180 Å². The van der Waals surface area contributed by atoms with Gasteiger partial charge in [-0.1, -0.05) is 36.4 Å². The van der Waals surface area contributed by atoms with Crippen LogP contribution in [0.15, 0.2) is 60.9 Å². The fraction of sp³-hybridized carbons (Fsp3) is 0.292. The van der Waals surface area contributed by atoms with Gasteiger partial charge in [0, 0.05) is 36.6 Å². The molecular weight excluding hydrogens is 392 g/mol. The van der Waals surface area contributed by atoms with Crippen molar-refractivity contribution in [1.29, 1.82) is 0 Å². The average Bonchev–Trinajstić information content (AvgIpc) is 3.45. The highest BCUT2D eigenvalue weighted by atomic mass is 16.5. The van der Waals surface area contributed by atoms with E-state index in [1.54, 1.807) is 18.0 Å². The number of fused-ring (bicyclic) bond motifs is 2. The lowest BCUT2D eigenvalue weighted by molar-refractivity contribution is -0.132. The minimum Gasteiger partial charge on any atom is -0.496 e. The number of likely N-dealkylation sites (tertiary alicyclic amines) is 1. The van der Waals surface area contributed by atoms with Crippen LogP contribution in [0, 0.1) is 0 Å². The lowest BCUT2D eigenvalue weighted by Gasteiger charge is -2.33. The Morgan fingerprint density at radius 3 is 2.77 bits per heavy atom. The van der Waals surface area contributed by atoms with E-state index in [1.807, 2.05) is 66.7 Å². The summed E-state index contributed by atoms with van der Waals surface area (Å²) in [6.45, 7) is 0.495. The lowest BCUT2D eigenvalue weighted by Crippen LogP contribution is -2.43. The molecule has 3 aromatic rings. The van der Waals surface area contributed by atoms with Crippen molar-refractivity contribution in [3.8, 4) is 5.75 Å². The molecular formula is C24H24N4O3. The molecule has 2 aromatic carbocycles. The molecule has 7 nitrogen and oxygen atoms in total. The number of aromatic nitrogens is 2. The molecule has 2 aliphatic rings. The number of aryl methyl sites for hydroxylation is 1. The Morgan fingerprint density at radius 1 is 1.23 bits per heavy atom. The maximum atomic E-state index is 13.5. The molecule has 3 heterocycles. The van der Waals surface area contributed by atoms with E-state index < -0.39 is 11.5 Å². The molecule has 1 fully saturated rings. The second kappa shape index (κ2) is 7.27. The number of carbonyl (C=O) groups excluding carboxylic acids is 2.